The van der Waals surface area contributed by atoms with Crippen LogP contribution in [-0.2, 0) is 4.79 Å². The Hall–Kier alpha value is -2.55. The first-order valence-corrected chi connectivity index (χ1v) is 7.41. The molecule has 22 heavy (non-hydrogen) atoms. The summed E-state index contributed by atoms with van der Waals surface area (Å²) in [5.41, 5.74) is 5.74. The SMILES string of the molecule is N#CCNC(=O)C1(NC(=O)c2ccc(N)cc2)CCCCC1. The van der Waals surface area contributed by atoms with Gasteiger partial charge in [0.15, 0.2) is 0 Å². The molecule has 0 atom stereocenters. The number of carbonyl (C=O) groups is 2. The van der Waals surface area contributed by atoms with Crippen LogP contribution < -0.4 is 16.4 Å². The van der Waals surface area contributed by atoms with E-state index in [4.69, 9.17) is 11.0 Å². The van der Waals surface area contributed by atoms with E-state index in [1.54, 1.807) is 24.3 Å². The van der Waals surface area contributed by atoms with E-state index in [9.17, 15) is 9.59 Å². The van der Waals surface area contributed by atoms with Crippen LogP contribution in [0.4, 0.5) is 5.69 Å². The highest BCUT2D eigenvalue weighted by atomic mass is 16.2. The summed E-state index contributed by atoms with van der Waals surface area (Å²) in [5, 5.41) is 14.1. The summed E-state index contributed by atoms with van der Waals surface area (Å²) in [6.45, 7) is -0.0572. The average Bonchev–Trinajstić information content (AvgIpc) is 2.54. The topological polar surface area (TPSA) is 108 Å². The number of nitrogens with two attached hydrogens (primary N) is 1. The predicted octanol–water partition coefficient (Wildman–Crippen LogP) is 1.34. The van der Waals surface area contributed by atoms with Gasteiger partial charge in [-0.05, 0) is 37.1 Å². The third-order valence-electron chi connectivity index (χ3n) is 4.00. The van der Waals surface area contributed by atoms with Crippen molar-refractivity contribution in [2.75, 3.05) is 12.3 Å². The van der Waals surface area contributed by atoms with Crippen LogP contribution in [-0.4, -0.2) is 23.9 Å². The molecule has 1 aromatic carbocycles. The minimum absolute atomic E-state index is 0.0572. The third kappa shape index (κ3) is 3.55. The quantitative estimate of drug-likeness (QED) is 0.576. The van der Waals surface area contributed by atoms with E-state index in [1.807, 2.05) is 6.07 Å². The zero-order valence-corrected chi connectivity index (χ0v) is 12.4. The van der Waals surface area contributed by atoms with E-state index >= 15 is 0 Å². The lowest BCUT2D eigenvalue weighted by Crippen LogP contribution is -2.59. The molecule has 4 N–H and O–H groups in total. The molecule has 6 nitrogen and oxygen atoms in total. The highest BCUT2D eigenvalue weighted by Crippen LogP contribution is 2.29. The Morgan fingerprint density at radius 3 is 2.41 bits per heavy atom. The van der Waals surface area contributed by atoms with Crippen molar-refractivity contribution >= 4 is 17.5 Å². The minimum Gasteiger partial charge on any atom is -0.399 e. The molecule has 0 spiro atoms. The highest BCUT2D eigenvalue weighted by Gasteiger charge is 2.40. The Balaban J connectivity index is 2.15. The van der Waals surface area contributed by atoms with Gasteiger partial charge in [-0.2, -0.15) is 5.26 Å². The van der Waals surface area contributed by atoms with Crippen LogP contribution in [0, 0.1) is 11.3 Å². The van der Waals surface area contributed by atoms with Crippen molar-refractivity contribution in [3.05, 3.63) is 29.8 Å². The van der Waals surface area contributed by atoms with Gasteiger partial charge < -0.3 is 16.4 Å². The standard InChI is InChI=1S/C16H20N4O2/c17-10-11-19-15(22)16(8-2-1-3-9-16)20-14(21)12-4-6-13(18)7-5-12/h4-7H,1-3,8-9,11,18H2,(H,19,22)(H,20,21). The van der Waals surface area contributed by atoms with E-state index in [0.717, 1.165) is 19.3 Å². The first kappa shape index (κ1) is 15.8. The summed E-state index contributed by atoms with van der Waals surface area (Å²) in [5.74, 6) is -0.577. The summed E-state index contributed by atoms with van der Waals surface area (Å²) in [6.07, 6.45) is 3.98. The highest BCUT2D eigenvalue weighted by molar-refractivity contribution is 5.99. The molecule has 0 aromatic heterocycles. The van der Waals surface area contributed by atoms with E-state index < -0.39 is 5.54 Å². The maximum atomic E-state index is 12.4. The molecule has 0 radical (unpaired) electrons. The number of rotatable bonds is 4. The first-order valence-electron chi connectivity index (χ1n) is 7.41. The predicted molar refractivity (Wildman–Crippen MR) is 82.8 cm³/mol. The molecule has 2 amide bonds. The molecule has 0 bridgehead atoms. The smallest absolute Gasteiger partial charge is 0.252 e. The number of nitrogen functional groups attached to an aromatic ring is 1. The van der Waals surface area contributed by atoms with Crippen molar-refractivity contribution in [3.8, 4) is 6.07 Å². The molecule has 6 heteroatoms. The Morgan fingerprint density at radius 1 is 1.18 bits per heavy atom. The van der Waals surface area contributed by atoms with Gasteiger partial charge in [0.2, 0.25) is 5.91 Å². The van der Waals surface area contributed by atoms with E-state index in [2.05, 4.69) is 10.6 Å². The van der Waals surface area contributed by atoms with Crippen LogP contribution in [0.15, 0.2) is 24.3 Å². The van der Waals surface area contributed by atoms with Crippen molar-refractivity contribution in [1.29, 1.82) is 5.26 Å². The number of anilines is 1. The average molecular weight is 300 g/mol. The van der Waals surface area contributed by atoms with Gasteiger partial charge in [0.05, 0.1) is 6.07 Å². The Kier molecular flexibility index (Phi) is 4.99. The zero-order valence-electron chi connectivity index (χ0n) is 12.4. The zero-order chi connectivity index (χ0) is 16.0. The van der Waals surface area contributed by atoms with Crippen molar-refractivity contribution < 1.29 is 9.59 Å². The second-order valence-corrected chi connectivity index (χ2v) is 5.56. The van der Waals surface area contributed by atoms with Gasteiger partial charge in [-0.3, -0.25) is 9.59 Å². The van der Waals surface area contributed by atoms with Crippen LogP contribution in [0.2, 0.25) is 0 Å². The van der Waals surface area contributed by atoms with E-state index in [1.165, 1.54) is 0 Å². The van der Waals surface area contributed by atoms with Crippen LogP contribution in [0.5, 0.6) is 0 Å². The lowest BCUT2D eigenvalue weighted by molar-refractivity contribution is -0.128. The fourth-order valence-electron chi connectivity index (χ4n) is 2.78. The van der Waals surface area contributed by atoms with Gasteiger partial charge in [0.1, 0.15) is 12.1 Å². The number of nitriles is 1. The molecule has 1 fully saturated rings. The Morgan fingerprint density at radius 2 is 1.82 bits per heavy atom. The molecule has 2 rings (SSSR count). The molecule has 0 saturated heterocycles. The van der Waals surface area contributed by atoms with Gasteiger partial charge in [-0.25, -0.2) is 0 Å². The van der Waals surface area contributed by atoms with Crippen LogP contribution >= 0.6 is 0 Å². The number of hydrogen-bond acceptors (Lipinski definition) is 4. The molecule has 1 aromatic rings. The largest absolute Gasteiger partial charge is 0.399 e. The monoisotopic (exact) mass is 300 g/mol. The van der Waals surface area contributed by atoms with E-state index in [-0.39, 0.29) is 18.4 Å². The normalized spacial score (nSPS) is 16.3. The van der Waals surface area contributed by atoms with Gasteiger partial charge in [0.25, 0.3) is 5.91 Å². The molecule has 0 heterocycles. The lowest BCUT2D eigenvalue weighted by atomic mass is 9.80. The Bertz CT molecular complexity index is 583. The minimum atomic E-state index is -0.923. The number of carbonyl (C=O) groups excluding carboxylic acids is 2. The second kappa shape index (κ2) is 6.94. The second-order valence-electron chi connectivity index (χ2n) is 5.56. The maximum absolute atomic E-state index is 12.4. The molecule has 1 aliphatic carbocycles. The van der Waals surface area contributed by atoms with Crippen molar-refractivity contribution in [2.24, 2.45) is 0 Å². The van der Waals surface area contributed by atoms with E-state index in [0.29, 0.717) is 24.1 Å². The number of benzene rings is 1. The number of nitrogens with one attached hydrogen (secondary N) is 2. The van der Waals surface area contributed by atoms with Gasteiger partial charge in [-0.1, -0.05) is 19.3 Å². The molecule has 0 unspecified atom stereocenters. The van der Waals surface area contributed by atoms with Crippen LogP contribution in [0.25, 0.3) is 0 Å². The van der Waals surface area contributed by atoms with Crippen LogP contribution in [0.3, 0.4) is 0 Å². The molecule has 0 aliphatic heterocycles. The summed E-state index contributed by atoms with van der Waals surface area (Å²) in [4.78, 5) is 24.8. The van der Waals surface area contributed by atoms with Gasteiger partial charge >= 0.3 is 0 Å². The molecule has 116 valence electrons. The lowest BCUT2D eigenvalue weighted by Gasteiger charge is -2.36. The molecule has 1 saturated carbocycles. The van der Waals surface area contributed by atoms with Gasteiger partial charge in [-0.15, -0.1) is 0 Å². The summed E-state index contributed by atoms with van der Waals surface area (Å²) >= 11 is 0. The Labute approximate surface area is 129 Å². The van der Waals surface area contributed by atoms with Crippen LogP contribution in [0.1, 0.15) is 42.5 Å². The molecular weight excluding hydrogens is 280 g/mol. The number of hydrogen-bond donors (Lipinski definition) is 3. The first-order chi connectivity index (χ1) is 10.6. The van der Waals surface area contributed by atoms with Crippen molar-refractivity contribution in [1.82, 2.24) is 10.6 Å². The summed E-state index contributed by atoms with van der Waals surface area (Å²) in [6, 6.07) is 8.46. The van der Waals surface area contributed by atoms with Crippen molar-refractivity contribution in [2.45, 2.75) is 37.6 Å². The fourth-order valence-corrected chi connectivity index (χ4v) is 2.78. The number of amides is 2. The summed E-state index contributed by atoms with van der Waals surface area (Å²) < 4.78 is 0. The maximum Gasteiger partial charge on any atom is 0.252 e. The van der Waals surface area contributed by atoms with Crippen molar-refractivity contribution in [3.63, 3.8) is 0 Å². The fraction of sp³-hybridized carbons (Fsp3) is 0.438. The molecule has 1 aliphatic rings. The third-order valence-corrected chi connectivity index (χ3v) is 4.00. The number of nitrogens with zero attached hydrogens (tertiary/aromatic N) is 1. The summed E-state index contributed by atoms with van der Waals surface area (Å²) in [7, 11) is 0. The molecular formula is C16H20N4O2. The van der Waals surface area contributed by atoms with Gasteiger partial charge in [0, 0.05) is 11.3 Å².